The molecule has 10 heteroatoms. The number of rotatable bonds is 8. The Labute approximate surface area is 294 Å². The van der Waals surface area contributed by atoms with Gasteiger partial charge < -0.3 is 24.1 Å². The van der Waals surface area contributed by atoms with Gasteiger partial charge in [0, 0.05) is 36.8 Å². The minimum Gasteiger partial charge on any atom is -0.545 e. The number of carboxylic acids is 1. The number of nitrogens with zero attached hydrogens (tertiary/aromatic N) is 3. The van der Waals surface area contributed by atoms with Crippen LogP contribution in [-0.4, -0.2) is 40.4 Å². The second-order valence-electron chi connectivity index (χ2n) is 11.6. The Morgan fingerprint density at radius 2 is 1.63 bits per heavy atom. The number of aromatic carboxylic acids is 1. The van der Waals surface area contributed by atoms with Crippen LogP contribution in [0.2, 0.25) is 5.02 Å². The zero-order valence-corrected chi connectivity index (χ0v) is 28.8. The number of carbonyl (C=O) groups is 2. The van der Waals surface area contributed by atoms with Gasteiger partial charge in [-0.3, -0.25) is 4.79 Å². The third-order valence-corrected chi connectivity index (χ3v) is 8.61. The molecule has 0 N–H and O–H groups in total. The number of carboxylic acid groups (broad SMARTS) is 1. The summed E-state index contributed by atoms with van der Waals surface area (Å²) in [6.45, 7) is 0.0951. The fraction of sp³-hybridized carbons (Fsp3) is 0.250. The van der Waals surface area contributed by atoms with Gasteiger partial charge in [0.1, 0.15) is 24.0 Å². The summed E-state index contributed by atoms with van der Waals surface area (Å²) in [6.07, 6.45) is 5.16. The first-order chi connectivity index (χ1) is 21.7. The molecule has 0 aliphatic heterocycles. The first kappa shape index (κ1) is 33.7. The normalized spacial score (nSPS) is 13.3. The van der Waals surface area contributed by atoms with E-state index in [1.165, 1.54) is 23.1 Å². The molecule has 1 aromatic heterocycles. The van der Waals surface area contributed by atoms with Crippen LogP contribution in [-0.2, 0) is 6.61 Å². The van der Waals surface area contributed by atoms with Gasteiger partial charge in [-0.05, 0) is 83.6 Å². The molecule has 1 amide bonds. The summed E-state index contributed by atoms with van der Waals surface area (Å²) in [4.78, 5) is 30.5. The number of imidazole rings is 1. The predicted molar refractivity (Wildman–Crippen MR) is 171 cm³/mol. The molecule has 1 aliphatic rings. The number of benzene rings is 4. The molecule has 1 fully saturated rings. The summed E-state index contributed by atoms with van der Waals surface area (Å²) in [5, 5.41) is 12.1. The first-order valence-corrected chi connectivity index (χ1v) is 15.3. The first-order valence-electron chi connectivity index (χ1n) is 15.0. The van der Waals surface area contributed by atoms with Gasteiger partial charge >= 0.3 is 29.6 Å². The van der Waals surface area contributed by atoms with E-state index in [-0.39, 0.29) is 53.7 Å². The number of halogens is 2. The SMILES string of the molecule is CN(C)C(=O)c1ccc(-c2ccc(Cl)cc2)c(COc2ccc(-c3nc4cc(C(=O)[O-])ccc4n3C3CCCCC3)c(F)c2)c1.[Na+]. The van der Waals surface area contributed by atoms with Gasteiger partial charge in [0.15, 0.2) is 0 Å². The molecule has 4 aromatic carbocycles. The standard InChI is InChI=1S/C36H33ClFN3O4.Na/c1-40(2)35(42)23-10-15-29(22-8-12-26(37)13-9-22)25(18-23)21-45-28-14-16-30(31(38)20-28)34-39-32-19-24(36(43)44)11-17-33(32)41(34)27-6-4-3-5-7-27;/h8-20,27H,3-7,21H2,1-2H3,(H,43,44);/q;+1/p-1. The zero-order chi connectivity index (χ0) is 31.7. The number of hydrogen-bond acceptors (Lipinski definition) is 5. The van der Waals surface area contributed by atoms with Gasteiger partial charge in [-0.1, -0.05) is 55.1 Å². The van der Waals surface area contributed by atoms with Crippen LogP contribution in [0, 0.1) is 5.82 Å². The topological polar surface area (TPSA) is 87.5 Å². The van der Waals surface area contributed by atoms with E-state index in [1.807, 2.05) is 18.2 Å². The molecular weight excluding hydrogens is 616 g/mol. The average molecular weight is 648 g/mol. The van der Waals surface area contributed by atoms with Gasteiger partial charge in [0.05, 0.1) is 22.6 Å². The third-order valence-electron chi connectivity index (χ3n) is 8.35. The molecule has 0 unspecified atom stereocenters. The maximum absolute atomic E-state index is 15.9. The fourth-order valence-corrected chi connectivity index (χ4v) is 6.19. The smallest absolute Gasteiger partial charge is 0.545 e. The van der Waals surface area contributed by atoms with Crippen molar-refractivity contribution in [3.63, 3.8) is 0 Å². The minimum atomic E-state index is -1.28. The molecule has 7 nitrogen and oxygen atoms in total. The maximum Gasteiger partial charge on any atom is 1.00 e. The van der Waals surface area contributed by atoms with E-state index in [0.717, 1.165) is 54.3 Å². The number of amides is 1. The van der Waals surface area contributed by atoms with Gasteiger partial charge in [-0.25, -0.2) is 9.37 Å². The Bertz CT molecular complexity index is 1900. The molecular formula is C36H32ClFN3NaO4. The summed E-state index contributed by atoms with van der Waals surface area (Å²) in [7, 11) is 3.39. The summed E-state index contributed by atoms with van der Waals surface area (Å²) in [5.74, 6) is -1.15. The molecule has 230 valence electrons. The number of hydrogen-bond donors (Lipinski definition) is 0. The van der Waals surface area contributed by atoms with Crippen molar-refractivity contribution in [3.8, 4) is 28.3 Å². The molecule has 1 heterocycles. The van der Waals surface area contributed by atoms with Gasteiger partial charge in [0.25, 0.3) is 5.91 Å². The van der Waals surface area contributed by atoms with Crippen LogP contribution in [0.3, 0.4) is 0 Å². The zero-order valence-electron chi connectivity index (χ0n) is 26.1. The van der Waals surface area contributed by atoms with E-state index in [1.54, 1.807) is 56.6 Å². The largest absolute Gasteiger partial charge is 1.00 e. The minimum absolute atomic E-state index is 0. The molecule has 0 spiro atoms. The molecule has 1 saturated carbocycles. The van der Waals surface area contributed by atoms with Crippen LogP contribution in [0.5, 0.6) is 5.75 Å². The Kier molecular flexibility index (Phi) is 10.5. The molecule has 0 saturated heterocycles. The van der Waals surface area contributed by atoms with Crippen molar-refractivity contribution in [1.82, 2.24) is 14.5 Å². The summed E-state index contributed by atoms with van der Waals surface area (Å²) in [6, 6.07) is 22.4. The summed E-state index contributed by atoms with van der Waals surface area (Å²) in [5.41, 5.74) is 4.64. The Hall–Kier alpha value is -3.69. The van der Waals surface area contributed by atoms with Gasteiger partial charge in [-0.2, -0.15) is 0 Å². The van der Waals surface area contributed by atoms with Gasteiger partial charge in [0.2, 0.25) is 0 Å². The summed E-state index contributed by atoms with van der Waals surface area (Å²) >= 11 is 6.11. The van der Waals surface area contributed by atoms with Crippen LogP contribution in [0.15, 0.2) is 78.9 Å². The molecule has 0 bridgehead atoms. The second-order valence-corrected chi connectivity index (χ2v) is 12.0. The van der Waals surface area contributed by atoms with E-state index in [0.29, 0.717) is 33.2 Å². The van der Waals surface area contributed by atoms with Crippen molar-refractivity contribution in [2.75, 3.05) is 14.1 Å². The predicted octanol–water partition coefficient (Wildman–Crippen LogP) is 4.32. The number of fused-ring (bicyclic) bond motifs is 1. The van der Waals surface area contributed by atoms with Crippen LogP contribution in [0.4, 0.5) is 4.39 Å². The Morgan fingerprint density at radius 1 is 0.935 bits per heavy atom. The van der Waals surface area contributed by atoms with Crippen LogP contribution in [0.1, 0.15) is 64.4 Å². The molecule has 1 aliphatic carbocycles. The van der Waals surface area contributed by atoms with E-state index in [4.69, 9.17) is 21.3 Å². The van der Waals surface area contributed by atoms with E-state index in [9.17, 15) is 14.7 Å². The maximum atomic E-state index is 15.9. The van der Waals surface area contributed by atoms with Crippen molar-refractivity contribution >= 4 is 34.5 Å². The number of carbonyl (C=O) groups excluding carboxylic acids is 2. The number of aromatic nitrogens is 2. The van der Waals surface area contributed by atoms with Crippen molar-refractivity contribution in [2.45, 2.75) is 44.8 Å². The van der Waals surface area contributed by atoms with Crippen molar-refractivity contribution in [1.29, 1.82) is 0 Å². The van der Waals surface area contributed by atoms with E-state index in [2.05, 4.69) is 4.57 Å². The van der Waals surface area contributed by atoms with E-state index < -0.39 is 11.8 Å². The fourth-order valence-electron chi connectivity index (χ4n) is 6.07. The average Bonchev–Trinajstić information content (AvgIpc) is 3.42. The van der Waals surface area contributed by atoms with Crippen LogP contribution >= 0.6 is 11.6 Å². The quantitative estimate of drug-likeness (QED) is 0.234. The van der Waals surface area contributed by atoms with Crippen molar-refractivity contribution < 1.29 is 53.4 Å². The van der Waals surface area contributed by atoms with E-state index >= 15 is 4.39 Å². The van der Waals surface area contributed by atoms with Crippen LogP contribution in [0.25, 0.3) is 33.5 Å². The monoisotopic (exact) mass is 647 g/mol. The Morgan fingerprint density at radius 3 is 2.30 bits per heavy atom. The molecule has 5 aromatic rings. The van der Waals surface area contributed by atoms with Crippen molar-refractivity contribution in [2.24, 2.45) is 0 Å². The molecule has 46 heavy (non-hydrogen) atoms. The summed E-state index contributed by atoms with van der Waals surface area (Å²) < 4.78 is 24.0. The van der Waals surface area contributed by atoms with Crippen LogP contribution < -0.4 is 39.4 Å². The van der Waals surface area contributed by atoms with Crippen molar-refractivity contribution in [3.05, 3.63) is 106 Å². The Balaban J connectivity index is 0.00000417. The second kappa shape index (κ2) is 14.4. The molecule has 0 atom stereocenters. The number of ether oxygens (including phenoxy) is 1. The van der Waals surface area contributed by atoms with Gasteiger partial charge in [-0.15, -0.1) is 0 Å². The molecule has 6 rings (SSSR count). The molecule has 0 radical (unpaired) electrons. The third kappa shape index (κ3) is 7.00.